The average Bonchev–Trinajstić information content (AvgIpc) is 2.79. The zero-order chi connectivity index (χ0) is 10.1. The lowest BCUT2D eigenvalue weighted by molar-refractivity contribution is 0.443. The zero-order valence-corrected chi connectivity index (χ0v) is 8.76. The van der Waals surface area contributed by atoms with Gasteiger partial charge in [0, 0.05) is 0 Å². The molecule has 0 aromatic carbocycles. The molecule has 0 radical (unpaired) electrons. The van der Waals surface area contributed by atoms with Gasteiger partial charge in [0.1, 0.15) is 0 Å². The normalized spacial score (nSPS) is 22.3. The van der Waals surface area contributed by atoms with Crippen molar-refractivity contribution in [1.29, 1.82) is 0 Å². The molecule has 0 aliphatic heterocycles. The highest BCUT2D eigenvalue weighted by Gasteiger charge is 2.37. The van der Waals surface area contributed by atoms with E-state index in [1.165, 1.54) is 0 Å². The van der Waals surface area contributed by atoms with Gasteiger partial charge in [0.05, 0.1) is 5.25 Å². The molecule has 1 unspecified atom stereocenters. The molecule has 4 heteroatoms. The van der Waals surface area contributed by atoms with E-state index in [0.29, 0.717) is 5.92 Å². The van der Waals surface area contributed by atoms with Crippen molar-refractivity contribution in [1.82, 2.24) is 0 Å². The van der Waals surface area contributed by atoms with E-state index in [4.69, 9.17) is 5.14 Å². The van der Waals surface area contributed by atoms with Crippen molar-refractivity contribution < 1.29 is 8.42 Å². The molecule has 0 aromatic rings. The fourth-order valence-electron chi connectivity index (χ4n) is 1.73. The van der Waals surface area contributed by atoms with E-state index in [-0.39, 0.29) is 5.92 Å². The maximum Gasteiger partial charge on any atom is 0.211 e. The molecule has 0 amide bonds. The fourth-order valence-corrected chi connectivity index (χ4v) is 2.55. The summed E-state index contributed by atoms with van der Waals surface area (Å²) in [7, 11) is -3.38. The van der Waals surface area contributed by atoms with Gasteiger partial charge in [-0.2, -0.15) is 0 Å². The van der Waals surface area contributed by atoms with Crippen LogP contribution >= 0.6 is 0 Å². The van der Waals surface area contributed by atoms with Gasteiger partial charge in [0.2, 0.25) is 10.0 Å². The van der Waals surface area contributed by atoms with Crippen LogP contribution in [0.1, 0.15) is 26.2 Å². The molecule has 1 aliphatic carbocycles. The Morgan fingerprint density at radius 1 is 1.62 bits per heavy atom. The molecule has 0 bridgehead atoms. The summed E-state index contributed by atoms with van der Waals surface area (Å²) in [5, 5.41) is 4.68. The summed E-state index contributed by atoms with van der Waals surface area (Å²) in [6.07, 6.45) is 4.81. The van der Waals surface area contributed by atoms with Crippen molar-refractivity contribution in [2.75, 3.05) is 0 Å². The zero-order valence-electron chi connectivity index (χ0n) is 7.94. The Balaban J connectivity index is 2.68. The molecule has 1 saturated carbocycles. The summed E-state index contributed by atoms with van der Waals surface area (Å²) in [5.74, 6) is 0.721. The van der Waals surface area contributed by atoms with Gasteiger partial charge in [-0.05, 0) is 38.0 Å². The predicted octanol–water partition coefficient (Wildman–Crippen LogP) is 1.27. The van der Waals surface area contributed by atoms with Gasteiger partial charge >= 0.3 is 0 Å². The number of primary sulfonamides is 1. The number of allylic oxidation sites excluding steroid dienone is 1. The first-order valence-electron chi connectivity index (χ1n) is 4.59. The number of hydrogen-bond acceptors (Lipinski definition) is 2. The summed E-state index contributed by atoms with van der Waals surface area (Å²) < 4.78 is 22.2. The minimum absolute atomic E-state index is 0.174. The van der Waals surface area contributed by atoms with Gasteiger partial charge < -0.3 is 0 Å². The second-order valence-electron chi connectivity index (χ2n) is 3.82. The Morgan fingerprint density at radius 3 is 2.46 bits per heavy atom. The summed E-state index contributed by atoms with van der Waals surface area (Å²) in [5.41, 5.74) is 0. The van der Waals surface area contributed by atoms with Gasteiger partial charge in [-0.25, -0.2) is 13.6 Å². The van der Waals surface area contributed by atoms with Crippen LogP contribution in [0, 0.1) is 11.8 Å². The van der Waals surface area contributed by atoms with Crippen molar-refractivity contribution in [3.63, 3.8) is 0 Å². The first-order valence-corrected chi connectivity index (χ1v) is 6.20. The summed E-state index contributed by atoms with van der Waals surface area (Å²) in [6.45, 7) is 5.34. The SMILES string of the molecule is C=CCC(C1CC1)[C@@H](C)S(N)(=O)=O. The van der Waals surface area contributed by atoms with Gasteiger partial charge in [-0.15, -0.1) is 6.58 Å². The van der Waals surface area contributed by atoms with Crippen molar-refractivity contribution in [2.24, 2.45) is 17.0 Å². The number of rotatable bonds is 5. The van der Waals surface area contributed by atoms with Crippen LogP contribution in [0.15, 0.2) is 12.7 Å². The smallest absolute Gasteiger partial charge is 0.211 e. The van der Waals surface area contributed by atoms with Crippen LogP contribution in [0.5, 0.6) is 0 Å². The second kappa shape index (κ2) is 3.80. The molecule has 3 nitrogen and oxygen atoms in total. The second-order valence-corrected chi connectivity index (χ2v) is 5.74. The monoisotopic (exact) mass is 203 g/mol. The van der Waals surface area contributed by atoms with E-state index in [1.54, 1.807) is 13.0 Å². The third-order valence-electron chi connectivity index (χ3n) is 2.79. The van der Waals surface area contributed by atoms with Gasteiger partial charge in [0.15, 0.2) is 0 Å². The quantitative estimate of drug-likeness (QED) is 0.684. The third kappa shape index (κ3) is 2.81. The largest absolute Gasteiger partial charge is 0.228 e. The van der Waals surface area contributed by atoms with Crippen LogP contribution in [0.25, 0.3) is 0 Å². The molecule has 0 heterocycles. The van der Waals surface area contributed by atoms with Gasteiger partial charge in [-0.1, -0.05) is 6.08 Å². The summed E-state index contributed by atoms with van der Waals surface area (Å²) >= 11 is 0. The van der Waals surface area contributed by atoms with E-state index in [2.05, 4.69) is 6.58 Å². The Kier molecular flexibility index (Phi) is 3.14. The van der Waals surface area contributed by atoms with Crippen LogP contribution in [-0.4, -0.2) is 13.7 Å². The molecule has 0 saturated heterocycles. The molecular weight excluding hydrogens is 186 g/mol. The average molecular weight is 203 g/mol. The van der Waals surface area contributed by atoms with E-state index >= 15 is 0 Å². The number of sulfonamides is 1. The van der Waals surface area contributed by atoms with Crippen LogP contribution < -0.4 is 5.14 Å². The number of hydrogen-bond donors (Lipinski definition) is 1. The first kappa shape index (κ1) is 10.7. The molecule has 1 aliphatic rings. The predicted molar refractivity (Wildman–Crippen MR) is 53.6 cm³/mol. The lowest BCUT2D eigenvalue weighted by Crippen LogP contribution is -2.33. The molecule has 0 aromatic heterocycles. The molecule has 2 N–H and O–H groups in total. The minimum Gasteiger partial charge on any atom is -0.228 e. The molecule has 13 heavy (non-hydrogen) atoms. The maximum atomic E-state index is 11.1. The minimum atomic E-state index is -3.38. The number of nitrogens with two attached hydrogens (primary N) is 1. The summed E-state index contributed by atoms with van der Waals surface area (Å²) in [6, 6.07) is 0. The first-order chi connectivity index (χ1) is 5.96. The van der Waals surface area contributed by atoms with Gasteiger partial charge in [0.25, 0.3) is 0 Å². The van der Waals surface area contributed by atoms with E-state index in [1.807, 2.05) is 0 Å². The molecule has 1 fully saturated rings. The maximum absolute atomic E-state index is 11.1. The molecule has 1 rings (SSSR count). The standard InChI is InChI=1S/C9H17NO2S/c1-3-4-9(8-5-6-8)7(2)13(10,11)12/h3,7-9H,1,4-6H2,2H3,(H2,10,11,12)/t7-,9?/m1/s1. The Bertz CT molecular complexity index is 280. The summed E-state index contributed by atoms with van der Waals surface area (Å²) in [4.78, 5) is 0. The fraction of sp³-hybridized carbons (Fsp3) is 0.778. The highest BCUT2D eigenvalue weighted by Crippen LogP contribution is 2.41. The Morgan fingerprint density at radius 2 is 2.15 bits per heavy atom. The van der Waals surface area contributed by atoms with E-state index in [0.717, 1.165) is 19.3 Å². The van der Waals surface area contributed by atoms with Crippen LogP contribution in [-0.2, 0) is 10.0 Å². The molecular formula is C9H17NO2S. The third-order valence-corrected chi connectivity index (χ3v) is 4.17. The molecule has 0 spiro atoms. The van der Waals surface area contributed by atoms with Gasteiger partial charge in [-0.3, -0.25) is 0 Å². The lowest BCUT2D eigenvalue weighted by atomic mass is 9.96. The topological polar surface area (TPSA) is 60.2 Å². The van der Waals surface area contributed by atoms with Crippen LogP contribution in [0.2, 0.25) is 0 Å². The molecule has 2 atom stereocenters. The molecule has 76 valence electrons. The van der Waals surface area contributed by atoms with E-state index < -0.39 is 15.3 Å². The van der Waals surface area contributed by atoms with Crippen molar-refractivity contribution in [3.05, 3.63) is 12.7 Å². The van der Waals surface area contributed by atoms with Crippen molar-refractivity contribution >= 4 is 10.0 Å². The van der Waals surface area contributed by atoms with Crippen molar-refractivity contribution in [2.45, 2.75) is 31.4 Å². The van der Waals surface area contributed by atoms with Crippen LogP contribution in [0.3, 0.4) is 0 Å². The van der Waals surface area contributed by atoms with Crippen LogP contribution in [0.4, 0.5) is 0 Å². The Labute approximate surface area is 80.1 Å². The highest BCUT2D eigenvalue weighted by molar-refractivity contribution is 7.89. The highest BCUT2D eigenvalue weighted by atomic mass is 32.2. The van der Waals surface area contributed by atoms with E-state index in [9.17, 15) is 8.42 Å². The van der Waals surface area contributed by atoms with Crippen molar-refractivity contribution in [3.8, 4) is 0 Å². The lowest BCUT2D eigenvalue weighted by Gasteiger charge is -2.20. The Hall–Kier alpha value is -0.350.